The van der Waals surface area contributed by atoms with Gasteiger partial charge < -0.3 is 5.11 Å². The van der Waals surface area contributed by atoms with E-state index in [2.05, 4.69) is 17.1 Å². The molecular formula is C11H17N3O3S. The van der Waals surface area contributed by atoms with E-state index in [0.29, 0.717) is 23.5 Å². The van der Waals surface area contributed by atoms with Crippen LogP contribution in [0.3, 0.4) is 0 Å². The van der Waals surface area contributed by atoms with Gasteiger partial charge in [0.1, 0.15) is 0 Å². The van der Waals surface area contributed by atoms with Crippen LogP contribution in [0.2, 0.25) is 0 Å². The van der Waals surface area contributed by atoms with E-state index in [1.165, 1.54) is 12.8 Å². The highest BCUT2D eigenvalue weighted by Crippen LogP contribution is 2.32. The predicted molar refractivity (Wildman–Crippen MR) is 67.7 cm³/mol. The van der Waals surface area contributed by atoms with Gasteiger partial charge in [-0.1, -0.05) is 31.5 Å². The van der Waals surface area contributed by atoms with Gasteiger partial charge >= 0.3 is 11.7 Å². The van der Waals surface area contributed by atoms with Crippen LogP contribution in [0.25, 0.3) is 0 Å². The van der Waals surface area contributed by atoms with Crippen LogP contribution < -0.4 is 5.69 Å². The largest absolute Gasteiger partial charge is 0.481 e. The second-order valence-corrected chi connectivity index (χ2v) is 5.72. The fraction of sp³-hybridized carbons (Fsp3) is 0.727. The van der Waals surface area contributed by atoms with E-state index in [1.54, 1.807) is 4.57 Å². The molecule has 1 heterocycles. The Bertz CT molecular complexity index is 482. The summed E-state index contributed by atoms with van der Waals surface area (Å²) >= 11 is 1.08. The smallest absolute Gasteiger partial charge is 0.343 e. The SMILES string of the molecule is CC1CCCC1Cn1c(SCC(=O)O)n[nH]c1=O. The van der Waals surface area contributed by atoms with E-state index in [1.807, 2.05) is 0 Å². The summed E-state index contributed by atoms with van der Waals surface area (Å²) < 4.78 is 1.57. The van der Waals surface area contributed by atoms with Crippen molar-refractivity contribution >= 4 is 17.7 Å². The first-order valence-corrected chi connectivity index (χ1v) is 7.06. The number of aliphatic carboxylic acids is 1. The Morgan fingerprint density at radius 1 is 1.61 bits per heavy atom. The lowest BCUT2D eigenvalue weighted by atomic mass is 9.98. The highest BCUT2D eigenvalue weighted by atomic mass is 32.2. The molecule has 0 bridgehead atoms. The molecule has 0 saturated heterocycles. The first-order valence-electron chi connectivity index (χ1n) is 6.07. The molecule has 0 aromatic carbocycles. The van der Waals surface area contributed by atoms with E-state index >= 15 is 0 Å². The van der Waals surface area contributed by atoms with Gasteiger partial charge in [-0.3, -0.25) is 9.36 Å². The van der Waals surface area contributed by atoms with Crippen LogP contribution in [-0.4, -0.2) is 31.6 Å². The molecule has 0 amide bonds. The van der Waals surface area contributed by atoms with Crippen molar-refractivity contribution in [2.24, 2.45) is 11.8 Å². The second-order valence-electron chi connectivity index (χ2n) is 4.77. The standard InChI is InChI=1S/C11H17N3O3S/c1-7-3-2-4-8(7)5-14-10(17)12-13-11(14)18-6-9(15)16/h7-8H,2-6H2,1H3,(H,12,17)(H,15,16). The van der Waals surface area contributed by atoms with Gasteiger partial charge in [-0.25, -0.2) is 9.89 Å². The van der Waals surface area contributed by atoms with Gasteiger partial charge in [-0.05, 0) is 18.3 Å². The Hall–Kier alpha value is -1.24. The minimum atomic E-state index is -0.906. The van der Waals surface area contributed by atoms with Crippen molar-refractivity contribution in [3.63, 3.8) is 0 Å². The monoisotopic (exact) mass is 271 g/mol. The molecule has 0 aliphatic heterocycles. The zero-order chi connectivity index (χ0) is 13.1. The highest BCUT2D eigenvalue weighted by Gasteiger charge is 2.25. The molecule has 1 aromatic heterocycles. The molecule has 6 nitrogen and oxygen atoms in total. The van der Waals surface area contributed by atoms with Crippen LogP contribution in [0, 0.1) is 11.8 Å². The Morgan fingerprint density at radius 2 is 2.39 bits per heavy atom. The average molecular weight is 271 g/mol. The zero-order valence-corrected chi connectivity index (χ0v) is 11.1. The Labute approximate surface area is 109 Å². The number of rotatable bonds is 5. The van der Waals surface area contributed by atoms with Crippen molar-refractivity contribution < 1.29 is 9.90 Å². The number of carbonyl (C=O) groups is 1. The van der Waals surface area contributed by atoms with Crippen LogP contribution in [0.1, 0.15) is 26.2 Å². The Balaban J connectivity index is 2.08. The van der Waals surface area contributed by atoms with Crippen molar-refractivity contribution in [2.45, 2.75) is 37.9 Å². The number of hydrogen-bond donors (Lipinski definition) is 2. The summed E-state index contributed by atoms with van der Waals surface area (Å²) in [7, 11) is 0. The summed E-state index contributed by atoms with van der Waals surface area (Å²) in [5, 5.41) is 15.4. The number of aromatic nitrogens is 3. The number of aromatic amines is 1. The first-order chi connectivity index (χ1) is 8.58. The van der Waals surface area contributed by atoms with E-state index < -0.39 is 5.97 Å². The summed E-state index contributed by atoms with van der Waals surface area (Å²) in [5.74, 6) is 0.120. The molecule has 1 aliphatic carbocycles. The van der Waals surface area contributed by atoms with Crippen LogP contribution in [0.15, 0.2) is 9.95 Å². The van der Waals surface area contributed by atoms with Crippen LogP contribution >= 0.6 is 11.8 Å². The van der Waals surface area contributed by atoms with E-state index in [-0.39, 0.29) is 11.4 Å². The zero-order valence-electron chi connectivity index (χ0n) is 10.3. The van der Waals surface area contributed by atoms with Gasteiger partial charge in [0.25, 0.3) is 0 Å². The fourth-order valence-electron chi connectivity index (χ4n) is 2.43. The van der Waals surface area contributed by atoms with Crippen molar-refractivity contribution in [2.75, 3.05) is 5.75 Å². The molecule has 18 heavy (non-hydrogen) atoms. The summed E-state index contributed by atoms with van der Waals surface area (Å²) in [6.07, 6.45) is 3.53. The van der Waals surface area contributed by atoms with E-state index in [0.717, 1.165) is 18.2 Å². The molecule has 7 heteroatoms. The summed E-state index contributed by atoms with van der Waals surface area (Å²) in [6, 6.07) is 0. The Kier molecular flexibility index (Phi) is 4.11. The van der Waals surface area contributed by atoms with Crippen molar-refractivity contribution in [1.29, 1.82) is 0 Å². The number of H-pyrrole nitrogens is 1. The fourth-order valence-corrected chi connectivity index (χ4v) is 3.10. The number of hydrogen-bond acceptors (Lipinski definition) is 4. The molecule has 2 atom stereocenters. The summed E-state index contributed by atoms with van der Waals surface area (Å²) in [5.41, 5.74) is -0.248. The van der Waals surface area contributed by atoms with Crippen LogP contribution in [-0.2, 0) is 11.3 Å². The number of thioether (sulfide) groups is 1. The first kappa shape index (κ1) is 13.2. The molecule has 100 valence electrons. The highest BCUT2D eigenvalue weighted by molar-refractivity contribution is 7.99. The maximum atomic E-state index is 11.7. The minimum Gasteiger partial charge on any atom is -0.481 e. The maximum absolute atomic E-state index is 11.7. The summed E-state index contributed by atoms with van der Waals surface area (Å²) in [4.78, 5) is 22.2. The lowest BCUT2D eigenvalue weighted by Crippen LogP contribution is -2.23. The lowest BCUT2D eigenvalue weighted by Gasteiger charge is -2.15. The molecule has 1 aliphatic rings. The number of carboxylic acids is 1. The quantitative estimate of drug-likeness (QED) is 0.785. The average Bonchev–Trinajstić information content (AvgIpc) is 2.86. The molecule has 1 aromatic rings. The number of nitrogens with zero attached hydrogens (tertiary/aromatic N) is 2. The number of carboxylic acid groups (broad SMARTS) is 1. The molecule has 2 rings (SSSR count). The van der Waals surface area contributed by atoms with Crippen LogP contribution in [0.5, 0.6) is 0 Å². The molecule has 1 saturated carbocycles. The van der Waals surface area contributed by atoms with Crippen molar-refractivity contribution in [1.82, 2.24) is 14.8 Å². The van der Waals surface area contributed by atoms with Gasteiger partial charge in [0, 0.05) is 6.54 Å². The van der Waals surface area contributed by atoms with Crippen molar-refractivity contribution in [3.05, 3.63) is 10.5 Å². The van der Waals surface area contributed by atoms with Gasteiger partial charge in [-0.2, -0.15) is 0 Å². The third-order valence-corrected chi connectivity index (χ3v) is 4.47. The van der Waals surface area contributed by atoms with Gasteiger partial charge in [-0.15, -0.1) is 5.10 Å². The van der Waals surface area contributed by atoms with Gasteiger partial charge in [0.05, 0.1) is 5.75 Å². The van der Waals surface area contributed by atoms with Gasteiger partial charge in [0.2, 0.25) is 0 Å². The molecule has 1 fully saturated rings. The molecule has 2 unspecified atom stereocenters. The third-order valence-electron chi connectivity index (χ3n) is 3.50. The molecule has 0 spiro atoms. The van der Waals surface area contributed by atoms with E-state index in [9.17, 15) is 9.59 Å². The lowest BCUT2D eigenvalue weighted by molar-refractivity contribution is -0.133. The van der Waals surface area contributed by atoms with Gasteiger partial charge in [0.15, 0.2) is 5.16 Å². The molecule has 0 radical (unpaired) electrons. The topological polar surface area (TPSA) is 88.0 Å². The van der Waals surface area contributed by atoms with Crippen LogP contribution in [0.4, 0.5) is 0 Å². The maximum Gasteiger partial charge on any atom is 0.343 e. The minimum absolute atomic E-state index is 0.0789. The normalized spacial score (nSPS) is 23.4. The Morgan fingerprint density at radius 3 is 3.00 bits per heavy atom. The number of nitrogens with one attached hydrogen (secondary N) is 1. The molecular weight excluding hydrogens is 254 g/mol. The van der Waals surface area contributed by atoms with Crippen molar-refractivity contribution in [3.8, 4) is 0 Å². The third kappa shape index (κ3) is 2.95. The molecule has 2 N–H and O–H groups in total. The second kappa shape index (κ2) is 5.60. The van der Waals surface area contributed by atoms with E-state index in [4.69, 9.17) is 5.11 Å². The predicted octanol–water partition coefficient (Wildman–Crippen LogP) is 1.18. The summed E-state index contributed by atoms with van der Waals surface area (Å²) in [6.45, 7) is 2.84.